The minimum absolute atomic E-state index is 0.00650. The highest BCUT2D eigenvalue weighted by Gasteiger charge is 2.28. The van der Waals surface area contributed by atoms with Gasteiger partial charge in [0.25, 0.3) is 10.0 Å². The van der Waals surface area contributed by atoms with E-state index in [2.05, 4.69) is 15.6 Å². The fraction of sp³-hybridized carbons (Fsp3) is 0.333. The molecule has 2 rings (SSSR count). The van der Waals surface area contributed by atoms with Crippen molar-refractivity contribution in [1.29, 1.82) is 0 Å². The predicted molar refractivity (Wildman–Crippen MR) is 89.2 cm³/mol. The van der Waals surface area contributed by atoms with Crippen molar-refractivity contribution < 1.29 is 18.0 Å². The number of rotatable bonds is 5. The third-order valence-electron chi connectivity index (χ3n) is 3.44. The molecule has 0 aromatic heterocycles. The number of nitrogens with one attached hydrogen (secondary N) is 3. The van der Waals surface area contributed by atoms with E-state index in [0.717, 1.165) is 0 Å². The number of ketones is 1. The van der Waals surface area contributed by atoms with Crippen LogP contribution in [0.5, 0.6) is 0 Å². The Morgan fingerprint density at radius 2 is 1.79 bits per heavy atom. The number of hydrogen-bond donors (Lipinski definition) is 4. The van der Waals surface area contributed by atoms with Crippen molar-refractivity contribution in [3.8, 4) is 0 Å². The average molecular weight is 352 g/mol. The van der Waals surface area contributed by atoms with Crippen molar-refractivity contribution >= 4 is 27.5 Å². The van der Waals surface area contributed by atoms with Crippen LogP contribution in [0.3, 0.4) is 0 Å². The Balaban J connectivity index is 2.06. The van der Waals surface area contributed by atoms with Crippen LogP contribution in [0.2, 0.25) is 0 Å². The number of nitrogens with two attached hydrogens (primary N) is 1. The molecule has 0 spiro atoms. The Hall–Kier alpha value is -2.39. The maximum absolute atomic E-state index is 12.3. The summed E-state index contributed by atoms with van der Waals surface area (Å²) in [5, 5.41) is 2.34. The normalized spacial score (nSPS) is 17.1. The van der Waals surface area contributed by atoms with Crippen molar-refractivity contribution in [2.45, 2.75) is 31.6 Å². The minimum Gasteiger partial charge on any atom is -0.351 e. The summed E-state index contributed by atoms with van der Waals surface area (Å²) in [5.41, 5.74) is 8.28. The van der Waals surface area contributed by atoms with Crippen LogP contribution in [0.25, 0.3) is 0 Å². The lowest BCUT2D eigenvalue weighted by Gasteiger charge is -2.29. The Bertz CT molecular complexity index is 782. The number of primary amides is 1. The van der Waals surface area contributed by atoms with Crippen molar-refractivity contribution in [2.24, 2.45) is 11.1 Å². The molecular formula is C15H20N4O4S. The largest absolute Gasteiger partial charge is 0.351 e. The molecule has 0 aliphatic heterocycles. The van der Waals surface area contributed by atoms with E-state index in [0.29, 0.717) is 24.2 Å². The molecule has 24 heavy (non-hydrogen) atoms. The summed E-state index contributed by atoms with van der Waals surface area (Å²) in [4.78, 5) is 24.7. The van der Waals surface area contributed by atoms with Crippen LogP contribution in [-0.4, -0.2) is 20.2 Å². The Labute approximate surface area is 140 Å². The average Bonchev–Trinajstić information content (AvgIpc) is 2.43. The molecule has 0 saturated heterocycles. The van der Waals surface area contributed by atoms with Gasteiger partial charge in [-0.15, -0.1) is 4.83 Å². The SMILES string of the molecule is CC1(C)CC(=O)C=C(NNS(=O)(=O)c2ccc(NC(N)=O)cc2)C1. The lowest BCUT2D eigenvalue weighted by atomic mass is 9.79. The van der Waals surface area contributed by atoms with Crippen LogP contribution >= 0.6 is 0 Å². The molecule has 0 heterocycles. The molecule has 0 radical (unpaired) electrons. The van der Waals surface area contributed by atoms with Crippen LogP contribution in [0.4, 0.5) is 10.5 Å². The first-order chi connectivity index (χ1) is 11.1. The topological polar surface area (TPSA) is 130 Å². The van der Waals surface area contributed by atoms with Gasteiger partial charge in [-0.3, -0.25) is 4.79 Å². The number of amides is 2. The number of hydrazine groups is 1. The number of sulfonamides is 1. The Morgan fingerprint density at radius 1 is 1.17 bits per heavy atom. The van der Waals surface area contributed by atoms with E-state index in [1.54, 1.807) is 0 Å². The van der Waals surface area contributed by atoms with Crippen LogP contribution in [-0.2, 0) is 14.8 Å². The number of anilines is 1. The molecular weight excluding hydrogens is 332 g/mol. The van der Waals surface area contributed by atoms with E-state index in [9.17, 15) is 18.0 Å². The maximum Gasteiger partial charge on any atom is 0.316 e. The summed E-state index contributed by atoms with van der Waals surface area (Å²) < 4.78 is 24.5. The van der Waals surface area contributed by atoms with E-state index >= 15 is 0 Å². The third-order valence-corrected chi connectivity index (χ3v) is 4.70. The van der Waals surface area contributed by atoms with Crippen molar-refractivity contribution in [2.75, 3.05) is 5.32 Å². The monoisotopic (exact) mass is 352 g/mol. The van der Waals surface area contributed by atoms with Gasteiger partial charge in [-0.1, -0.05) is 13.8 Å². The molecule has 5 N–H and O–H groups in total. The van der Waals surface area contributed by atoms with Crippen LogP contribution < -0.4 is 21.3 Å². The van der Waals surface area contributed by atoms with Gasteiger partial charge < -0.3 is 16.5 Å². The third kappa shape index (κ3) is 4.80. The molecule has 0 fully saturated rings. The van der Waals surface area contributed by atoms with E-state index < -0.39 is 16.1 Å². The van der Waals surface area contributed by atoms with Gasteiger partial charge in [-0.25, -0.2) is 13.2 Å². The second-order valence-corrected chi connectivity index (χ2v) is 8.08. The van der Waals surface area contributed by atoms with Gasteiger partial charge in [0.15, 0.2) is 5.78 Å². The molecule has 0 bridgehead atoms. The number of allylic oxidation sites excluding steroid dienone is 2. The number of benzene rings is 1. The first-order valence-corrected chi connectivity index (χ1v) is 8.73. The summed E-state index contributed by atoms with van der Waals surface area (Å²) in [7, 11) is -3.82. The lowest BCUT2D eigenvalue weighted by molar-refractivity contribution is -0.117. The van der Waals surface area contributed by atoms with Gasteiger partial charge in [0, 0.05) is 23.9 Å². The van der Waals surface area contributed by atoms with Crippen LogP contribution in [0, 0.1) is 5.41 Å². The number of urea groups is 1. The van der Waals surface area contributed by atoms with Gasteiger partial charge in [-0.05, 0) is 36.1 Å². The Morgan fingerprint density at radius 3 is 2.33 bits per heavy atom. The van der Waals surface area contributed by atoms with Gasteiger partial charge in [-0.2, -0.15) is 0 Å². The van der Waals surface area contributed by atoms with Crippen molar-refractivity contribution in [1.82, 2.24) is 10.3 Å². The highest BCUT2D eigenvalue weighted by Crippen LogP contribution is 2.32. The zero-order valence-electron chi connectivity index (χ0n) is 13.4. The molecule has 1 aromatic rings. The van der Waals surface area contributed by atoms with E-state index in [1.807, 2.05) is 13.8 Å². The number of carbonyl (C=O) groups is 2. The van der Waals surface area contributed by atoms with Gasteiger partial charge >= 0.3 is 6.03 Å². The molecule has 0 unspecified atom stereocenters. The first kappa shape index (κ1) is 18.0. The summed E-state index contributed by atoms with van der Waals surface area (Å²) in [5.74, 6) is -0.0465. The van der Waals surface area contributed by atoms with E-state index in [-0.39, 0.29) is 16.1 Å². The van der Waals surface area contributed by atoms with Crippen LogP contribution in [0.1, 0.15) is 26.7 Å². The zero-order chi connectivity index (χ0) is 18.0. The number of carbonyl (C=O) groups excluding carboxylic acids is 2. The summed E-state index contributed by atoms with van der Waals surface area (Å²) in [6.07, 6.45) is 2.40. The maximum atomic E-state index is 12.3. The van der Waals surface area contributed by atoms with E-state index in [1.165, 1.54) is 30.3 Å². The van der Waals surface area contributed by atoms with Gasteiger partial charge in [0.05, 0.1) is 4.90 Å². The molecule has 8 nitrogen and oxygen atoms in total. The summed E-state index contributed by atoms with van der Waals surface area (Å²) in [6, 6.07) is 4.78. The first-order valence-electron chi connectivity index (χ1n) is 7.25. The molecule has 1 aliphatic carbocycles. The van der Waals surface area contributed by atoms with Crippen molar-refractivity contribution in [3.63, 3.8) is 0 Å². The zero-order valence-corrected chi connectivity index (χ0v) is 14.2. The number of hydrogen-bond acceptors (Lipinski definition) is 5. The second-order valence-electron chi connectivity index (χ2n) is 6.40. The highest BCUT2D eigenvalue weighted by atomic mass is 32.2. The molecule has 1 aromatic carbocycles. The molecule has 2 amide bonds. The van der Waals surface area contributed by atoms with Crippen molar-refractivity contribution in [3.05, 3.63) is 36.0 Å². The fourth-order valence-electron chi connectivity index (χ4n) is 2.48. The van der Waals surface area contributed by atoms with Gasteiger partial charge in [0.2, 0.25) is 0 Å². The Kier molecular flexibility index (Phi) is 4.95. The molecule has 1 aliphatic rings. The molecule has 130 valence electrons. The second kappa shape index (κ2) is 6.62. The smallest absolute Gasteiger partial charge is 0.316 e. The molecule has 0 saturated carbocycles. The van der Waals surface area contributed by atoms with Gasteiger partial charge in [0.1, 0.15) is 0 Å². The predicted octanol–water partition coefficient (Wildman–Crippen LogP) is 1.23. The quantitative estimate of drug-likeness (QED) is 0.592. The highest BCUT2D eigenvalue weighted by molar-refractivity contribution is 7.89. The molecule has 9 heteroatoms. The molecule has 0 atom stereocenters. The summed E-state index contributed by atoms with van der Waals surface area (Å²) in [6.45, 7) is 3.89. The van der Waals surface area contributed by atoms with Crippen LogP contribution in [0.15, 0.2) is 40.9 Å². The summed E-state index contributed by atoms with van der Waals surface area (Å²) >= 11 is 0. The fourth-order valence-corrected chi connectivity index (χ4v) is 3.36. The van der Waals surface area contributed by atoms with E-state index in [4.69, 9.17) is 5.73 Å². The standard InChI is InChI=1S/C15H20N4O4S/c1-15(2)8-11(7-12(20)9-15)18-19-24(22,23)13-5-3-10(4-6-13)17-14(16)21/h3-7,18-19H,8-9H2,1-2H3,(H3,16,17,21). The minimum atomic E-state index is -3.82. The lowest BCUT2D eigenvalue weighted by Crippen LogP contribution is -2.39.